The third kappa shape index (κ3) is 5.23. The second kappa shape index (κ2) is 7.54. The summed E-state index contributed by atoms with van der Waals surface area (Å²) in [5.74, 6) is 1.01. The highest BCUT2D eigenvalue weighted by Crippen LogP contribution is 2.15. The monoisotopic (exact) mass is 302 g/mol. The van der Waals surface area contributed by atoms with Crippen molar-refractivity contribution in [3.05, 3.63) is 0 Å². The Labute approximate surface area is 119 Å². The largest absolute Gasteiger partial charge is 0.401 e. The van der Waals surface area contributed by atoms with Crippen LogP contribution in [0.2, 0.25) is 0 Å². The van der Waals surface area contributed by atoms with Crippen LogP contribution in [0.3, 0.4) is 0 Å². The maximum atomic E-state index is 11.4. The molecule has 104 valence electrons. The van der Waals surface area contributed by atoms with Crippen molar-refractivity contribution in [2.75, 3.05) is 24.6 Å². The van der Waals surface area contributed by atoms with E-state index in [-0.39, 0.29) is 24.8 Å². The molecule has 0 fully saturated rings. The van der Waals surface area contributed by atoms with Gasteiger partial charge in [-0.25, -0.2) is 9.98 Å². The molecular formula is C11H14N2O4S2. The van der Waals surface area contributed by atoms with Crippen LogP contribution in [-0.4, -0.2) is 47.0 Å². The summed E-state index contributed by atoms with van der Waals surface area (Å²) in [6.45, 7) is 1.39. The van der Waals surface area contributed by atoms with Gasteiger partial charge in [0.1, 0.15) is 0 Å². The van der Waals surface area contributed by atoms with E-state index in [1.165, 1.54) is 23.5 Å². The van der Waals surface area contributed by atoms with Crippen LogP contribution in [0.25, 0.3) is 0 Å². The number of rotatable bonds is 4. The Bertz CT molecular complexity index is 385. The second-order valence-corrected chi connectivity index (χ2v) is 5.89. The van der Waals surface area contributed by atoms with Crippen molar-refractivity contribution in [3.8, 4) is 0 Å². The van der Waals surface area contributed by atoms with E-state index in [0.29, 0.717) is 30.0 Å². The molecule has 2 aliphatic rings. The first-order valence-electron chi connectivity index (χ1n) is 6.00. The Balaban J connectivity index is 1.57. The lowest BCUT2D eigenvalue weighted by molar-refractivity contribution is -0.136. The maximum Gasteiger partial charge on any atom is 0.312 e. The van der Waals surface area contributed by atoms with Crippen LogP contribution in [0.4, 0.5) is 0 Å². The summed E-state index contributed by atoms with van der Waals surface area (Å²) < 4.78 is 10.0. The SMILES string of the molecule is O=C(CCCC(=O)OC1=NCCS1)OC1=NCCS1. The van der Waals surface area contributed by atoms with Gasteiger partial charge in [0.15, 0.2) is 0 Å². The predicted molar refractivity (Wildman–Crippen MR) is 75.6 cm³/mol. The van der Waals surface area contributed by atoms with Gasteiger partial charge in [-0.05, 0) is 6.42 Å². The molecule has 0 N–H and O–H groups in total. The molecule has 0 aromatic carbocycles. The average molecular weight is 302 g/mol. The standard InChI is InChI=1S/C11H14N2O4S2/c14-8(16-10-12-4-6-18-10)2-1-3-9(15)17-11-13-5-7-19-11/h1-7H2. The van der Waals surface area contributed by atoms with Crippen molar-refractivity contribution in [2.45, 2.75) is 19.3 Å². The van der Waals surface area contributed by atoms with Crippen LogP contribution in [0.5, 0.6) is 0 Å². The number of esters is 2. The summed E-state index contributed by atoms with van der Waals surface area (Å²) in [7, 11) is 0. The quantitative estimate of drug-likeness (QED) is 0.731. The van der Waals surface area contributed by atoms with Gasteiger partial charge in [0.25, 0.3) is 10.5 Å². The highest BCUT2D eigenvalue weighted by atomic mass is 32.2. The summed E-state index contributed by atoms with van der Waals surface area (Å²) in [6.07, 6.45) is 0.788. The van der Waals surface area contributed by atoms with E-state index in [1.54, 1.807) is 0 Å². The van der Waals surface area contributed by atoms with Gasteiger partial charge in [0.05, 0.1) is 13.1 Å². The topological polar surface area (TPSA) is 77.3 Å². The Morgan fingerprint density at radius 2 is 1.42 bits per heavy atom. The summed E-state index contributed by atoms with van der Waals surface area (Å²) in [6, 6.07) is 0. The molecule has 0 saturated heterocycles. The Morgan fingerprint density at radius 3 is 1.79 bits per heavy atom. The average Bonchev–Trinajstić information content (AvgIpc) is 3.02. The van der Waals surface area contributed by atoms with Crippen LogP contribution in [0.15, 0.2) is 9.98 Å². The zero-order chi connectivity index (χ0) is 13.5. The number of carbonyl (C=O) groups excluding carboxylic acids is 2. The van der Waals surface area contributed by atoms with Crippen LogP contribution in [-0.2, 0) is 19.1 Å². The van der Waals surface area contributed by atoms with E-state index >= 15 is 0 Å². The first-order chi connectivity index (χ1) is 9.24. The van der Waals surface area contributed by atoms with E-state index in [9.17, 15) is 9.59 Å². The lowest BCUT2D eigenvalue weighted by atomic mass is 10.2. The lowest BCUT2D eigenvalue weighted by Gasteiger charge is -2.03. The van der Waals surface area contributed by atoms with Gasteiger partial charge >= 0.3 is 11.9 Å². The number of hydrogen-bond donors (Lipinski definition) is 0. The van der Waals surface area contributed by atoms with Crippen molar-refractivity contribution in [1.29, 1.82) is 0 Å². The molecule has 8 heteroatoms. The number of ether oxygens (including phenoxy) is 2. The van der Waals surface area contributed by atoms with Crippen molar-refractivity contribution >= 4 is 45.9 Å². The van der Waals surface area contributed by atoms with Crippen molar-refractivity contribution in [2.24, 2.45) is 9.98 Å². The van der Waals surface area contributed by atoms with Gasteiger partial charge in [0.2, 0.25) is 0 Å². The molecule has 0 unspecified atom stereocenters. The molecule has 0 amide bonds. The first-order valence-corrected chi connectivity index (χ1v) is 7.97. The molecule has 0 bridgehead atoms. The molecule has 6 nitrogen and oxygen atoms in total. The Hall–Kier alpha value is -1.02. The Morgan fingerprint density at radius 1 is 0.947 bits per heavy atom. The van der Waals surface area contributed by atoms with Gasteiger partial charge in [-0.2, -0.15) is 0 Å². The van der Waals surface area contributed by atoms with Crippen LogP contribution >= 0.6 is 23.5 Å². The molecule has 0 atom stereocenters. The predicted octanol–water partition coefficient (Wildman–Crippen LogP) is 1.45. The third-order valence-electron chi connectivity index (χ3n) is 2.28. The molecule has 0 radical (unpaired) electrons. The van der Waals surface area contributed by atoms with Gasteiger partial charge in [-0.1, -0.05) is 23.5 Å². The highest BCUT2D eigenvalue weighted by Gasteiger charge is 2.16. The molecule has 0 aromatic heterocycles. The fraction of sp³-hybridized carbons (Fsp3) is 0.636. The normalized spacial score (nSPS) is 17.9. The minimum Gasteiger partial charge on any atom is -0.401 e. The second-order valence-electron chi connectivity index (χ2n) is 3.79. The van der Waals surface area contributed by atoms with Crippen molar-refractivity contribution in [1.82, 2.24) is 0 Å². The Kier molecular flexibility index (Phi) is 5.71. The molecule has 2 rings (SSSR count). The maximum absolute atomic E-state index is 11.4. The molecule has 19 heavy (non-hydrogen) atoms. The lowest BCUT2D eigenvalue weighted by Crippen LogP contribution is -2.11. The number of thioether (sulfide) groups is 2. The molecule has 2 aliphatic heterocycles. The summed E-state index contributed by atoms with van der Waals surface area (Å²) in [4.78, 5) is 30.9. The molecular weight excluding hydrogens is 288 g/mol. The summed E-state index contributed by atoms with van der Waals surface area (Å²) in [5.41, 5.74) is 0. The van der Waals surface area contributed by atoms with Crippen LogP contribution < -0.4 is 0 Å². The van der Waals surface area contributed by atoms with E-state index in [4.69, 9.17) is 9.47 Å². The molecule has 0 spiro atoms. The van der Waals surface area contributed by atoms with Crippen molar-refractivity contribution < 1.29 is 19.1 Å². The first kappa shape index (κ1) is 14.4. The van der Waals surface area contributed by atoms with Crippen LogP contribution in [0, 0.1) is 0 Å². The number of carbonyl (C=O) groups is 2. The number of nitrogens with zero attached hydrogens (tertiary/aromatic N) is 2. The molecule has 0 aliphatic carbocycles. The zero-order valence-electron chi connectivity index (χ0n) is 10.3. The van der Waals surface area contributed by atoms with E-state index in [1.807, 2.05) is 0 Å². The molecule has 2 heterocycles. The minimum absolute atomic E-state index is 0.189. The van der Waals surface area contributed by atoms with Crippen molar-refractivity contribution in [3.63, 3.8) is 0 Å². The zero-order valence-corrected chi connectivity index (χ0v) is 11.9. The number of hydrogen-bond acceptors (Lipinski definition) is 8. The third-order valence-corrected chi connectivity index (χ3v) is 3.97. The summed E-state index contributed by atoms with van der Waals surface area (Å²) >= 11 is 2.86. The molecule has 0 aromatic rings. The number of aliphatic imine (C=N–C) groups is 2. The van der Waals surface area contributed by atoms with Gasteiger partial charge in [-0.3, -0.25) is 9.59 Å². The fourth-order valence-electron chi connectivity index (χ4n) is 1.43. The van der Waals surface area contributed by atoms with E-state index in [0.717, 1.165) is 11.5 Å². The van der Waals surface area contributed by atoms with E-state index in [2.05, 4.69) is 9.98 Å². The summed E-state index contributed by atoms with van der Waals surface area (Å²) in [5, 5.41) is 0.869. The minimum atomic E-state index is -0.353. The highest BCUT2D eigenvalue weighted by molar-refractivity contribution is 8.14. The molecule has 0 saturated carbocycles. The van der Waals surface area contributed by atoms with Gasteiger partial charge in [-0.15, -0.1) is 0 Å². The van der Waals surface area contributed by atoms with Gasteiger partial charge in [0, 0.05) is 24.3 Å². The van der Waals surface area contributed by atoms with E-state index < -0.39 is 0 Å². The van der Waals surface area contributed by atoms with Gasteiger partial charge < -0.3 is 9.47 Å². The fourth-order valence-corrected chi connectivity index (χ4v) is 2.81. The smallest absolute Gasteiger partial charge is 0.312 e. The van der Waals surface area contributed by atoms with Crippen LogP contribution in [0.1, 0.15) is 19.3 Å².